The minimum absolute atomic E-state index is 0.0224. The number of primary amides is 1. The highest BCUT2D eigenvalue weighted by Crippen LogP contribution is 2.18. The highest BCUT2D eigenvalue weighted by molar-refractivity contribution is 7.99. The maximum Gasteiger partial charge on any atom is 0.217 e. The predicted molar refractivity (Wildman–Crippen MR) is 64.0 cm³/mol. The van der Waals surface area contributed by atoms with E-state index in [4.69, 9.17) is 11.0 Å². The molecule has 0 spiro atoms. The number of amides is 1. The van der Waals surface area contributed by atoms with Gasteiger partial charge in [-0.2, -0.15) is 5.26 Å². The van der Waals surface area contributed by atoms with Gasteiger partial charge in [-0.15, -0.1) is 10.2 Å². The maximum absolute atomic E-state index is 10.7. The van der Waals surface area contributed by atoms with Crippen LogP contribution in [0.4, 0.5) is 0 Å². The zero-order valence-electron chi connectivity index (χ0n) is 9.88. The van der Waals surface area contributed by atoms with Gasteiger partial charge in [0.2, 0.25) is 5.91 Å². The third-order valence-corrected chi connectivity index (χ3v) is 3.48. The molecule has 17 heavy (non-hydrogen) atoms. The normalized spacial score (nSPS) is 12.1. The summed E-state index contributed by atoms with van der Waals surface area (Å²) in [5.74, 6) is 1.04. The fourth-order valence-electron chi connectivity index (χ4n) is 1.16. The molecule has 0 bridgehead atoms. The van der Waals surface area contributed by atoms with E-state index in [0.717, 1.165) is 11.0 Å². The highest BCUT2D eigenvalue weighted by Gasteiger charge is 2.11. The van der Waals surface area contributed by atoms with Crippen molar-refractivity contribution < 1.29 is 4.79 Å². The minimum atomic E-state index is -0.347. The molecule has 0 aliphatic heterocycles. The quantitative estimate of drug-likeness (QED) is 0.744. The second-order valence-electron chi connectivity index (χ2n) is 3.77. The molecule has 0 aliphatic rings. The summed E-state index contributed by atoms with van der Waals surface area (Å²) in [5.41, 5.74) is 5.08. The van der Waals surface area contributed by atoms with Crippen LogP contribution in [0.3, 0.4) is 0 Å². The molecule has 0 saturated carbocycles. The number of nitrogens with two attached hydrogens (primary N) is 1. The van der Waals surface area contributed by atoms with Crippen molar-refractivity contribution in [3.8, 4) is 6.07 Å². The van der Waals surface area contributed by atoms with Crippen LogP contribution in [0, 0.1) is 17.2 Å². The van der Waals surface area contributed by atoms with Gasteiger partial charge in [0.25, 0.3) is 0 Å². The first-order valence-electron chi connectivity index (χ1n) is 5.23. The number of nitrogens with zero attached hydrogens (tertiary/aromatic N) is 4. The number of carbonyl (C=O) groups excluding carboxylic acids is 1. The van der Waals surface area contributed by atoms with Crippen LogP contribution >= 0.6 is 11.8 Å². The summed E-state index contributed by atoms with van der Waals surface area (Å²) < 4.78 is 1.83. The Balaban J connectivity index is 2.58. The van der Waals surface area contributed by atoms with Crippen LogP contribution in [0.1, 0.15) is 19.2 Å². The topological polar surface area (TPSA) is 97.6 Å². The SMILES string of the molecule is C[C@@H](C#N)CSc1nnc(CCC(N)=O)n1C. The molecule has 0 radical (unpaired) electrons. The molecule has 0 saturated heterocycles. The van der Waals surface area contributed by atoms with Crippen LogP contribution in [-0.2, 0) is 18.3 Å². The van der Waals surface area contributed by atoms with Crippen LogP contribution in [0.2, 0.25) is 0 Å². The summed E-state index contributed by atoms with van der Waals surface area (Å²) in [6.45, 7) is 1.86. The summed E-state index contributed by atoms with van der Waals surface area (Å²) in [6.07, 6.45) is 0.762. The van der Waals surface area contributed by atoms with Gasteiger partial charge in [-0.3, -0.25) is 4.79 Å². The molecule has 1 rings (SSSR count). The molecular weight excluding hydrogens is 238 g/mol. The number of carbonyl (C=O) groups is 1. The molecule has 1 heterocycles. The van der Waals surface area contributed by atoms with Gasteiger partial charge in [0.15, 0.2) is 5.16 Å². The van der Waals surface area contributed by atoms with Crippen molar-refractivity contribution in [1.82, 2.24) is 14.8 Å². The van der Waals surface area contributed by atoms with Gasteiger partial charge in [0, 0.05) is 25.6 Å². The fourth-order valence-corrected chi connectivity index (χ4v) is 2.03. The number of thioether (sulfide) groups is 1. The lowest BCUT2D eigenvalue weighted by Crippen LogP contribution is -2.12. The molecule has 6 nitrogen and oxygen atoms in total. The largest absolute Gasteiger partial charge is 0.370 e. The van der Waals surface area contributed by atoms with E-state index in [1.54, 1.807) is 0 Å². The highest BCUT2D eigenvalue weighted by atomic mass is 32.2. The number of aromatic nitrogens is 3. The Kier molecular flexibility index (Phi) is 4.97. The monoisotopic (exact) mass is 253 g/mol. The Labute approximate surface area is 104 Å². The standard InChI is InChI=1S/C10H15N5OS/c1-7(5-11)6-17-10-14-13-9(15(10)2)4-3-8(12)16/h7H,3-4,6H2,1-2H3,(H2,12,16)/t7-/m0/s1. The predicted octanol–water partition coefficient (Wildman–Crippen LogP) is 0.485. The lowest BCUT2D eigenvalue weighted by Gasteiger charge is -2.03. The lowest BCUT2D eigenvalue weighted by atomic mass is 10.3. The molecule has 1 aromatic rings. The molecule has 0 fully saturated rings. The lowest BCUT2D eigenvalue weighted by molar-refractivity contribution is -0.118. The third kappa shape index (κ3) is 4.07. The van der Waals surface area contributed by atoms with E-state index >= 15 is 0 Å². The molecule has 1 atom stereocenters. The summed E-state index contributed by atoms with van der Waals surface area (Å²) in [5, 5.41) is 17.4. The number of nitriles is 1. The van der Waals surface area contributed by atoms with Crippen LogP contribution in [0.25, 0.3) is 0 Å². The first-order valence-corrected chi connectivity index (χ1v) is 6.22. The van der Waals surface area contributed by atoms with Crippen molar-refractivity contribution in [3.63, 3.8) is 0 Å². The molecule has 0 unspecified atom stereocenters. The van der Waals surface area contributed by atoms with Crippen LogP contribution in [0.15, 0.2) is 5.16 Å². The number of aryl methyl sites for hydroxylation is 1. The zero-order chi connectivity index (χ0) is 12.8. The molecule has 92 valence electrons. The molecule has 1 aromatic heterocycles. The number of hydrogen-bond donors (Lipinski definition) is 1. The van der Waals surface area contributed by atoms with Crippen molar-refractivity contribution in [2.45, 2.75) is 24.9 Å². The first kappa shape index (κ1) is 13.5. The summed E-state index contributed by atoms with van der Waals surface area (Å²) in [4.78, 5) is 10.7. The summed E-state index contributed by atoms with van der Waals surface area (Å²) in [6, 6.07) is 2.16. The Morgan fingerprint density at radius 3 is 2.94 bits per heavy atom. The smallest absolute Gasteiger partial charge is 0.217 e. The Morgan fingerprint density at radius 2 is 2.35 bits per heavy atom. The fraction of sp³-hybridized carbons (Fsp3) is 0.600. The van der Waals surface area contributed by atoms with Crippen molar-refractivity contribution in [2.75, 3.05) is 5.75 Å². The van der Waals surface area contributed by atoms with Crippen molar-refractivity contribution >= 4 is 17.7 Å². The Morgan fingerprint density at radius 1 is 1.65 bits per heavy atom. The van der Waals surface area contributed by atoms with Gasteiger partial charge in [-0.25, -0.2) is 0 Å². The van der Waals surface area contributed by atoms with E-state index < -0.39 is 0 Å². The first-order chi connectivity index (χ1) is 8.04. The Hall–Kier alpha value is -1.55. The van der Waals surface area contributed by atoms with Gasteiger partial charge >= 0.3 is 0 Å². The summed E-state index contributed by atoms with van der Waals surface area (Å²) in [7, 11) is 1.84. The molecule has 0 aromatic carbocycles. The number of hydrogen-bond acceptors (Lipinski definition) is 5. The number of rotatable bonds is 6. The molecule has 7 heteroatoms. The van der Waals surface area contributed by atoms with E-state index in [2.05, 4.69) is 16.3 Å². The zero-order valence-corrected chi connectivity index (χ0v) is 10.7. The van der Waals surface area contributed by atoms with E-state index in [-0.39, 0.29) is 18.2 Å². The average Bonchev–Trinajstić information content (AvgIpc) is 2.64. The van der Waals surface area contributed by atoms with E-state index in [9.17, 15) is 4.79 Å². The molecular formula is C10H15N5OS. The van der Waals surface area contributed by atoms with Crippen LogP contribution in [0.5, 0.6) is 0 Å². The second-order valence-corrected chi connectivity index (χ2v) is 4.75. The average molecular weight is 253 g/mol. The third-order valence-electron chi connectivity index (χ3n) is 2.20. The molecule has 1 amide bonds. The van der Waals surface area contributed by atoms with Gasteiger partial charge in [-0.1, -0.05) is 11.8 Å². The molecule has 2 N–H and O–H groups in total. The van der Waals surface area contributed by atoms with E-state index in [1.807, 2.05) is 18.5 Å². The Bertz CT molecular complexity index is 436. The summed E-state index contributed by atoms with van der Waals surface area (Å²) >= 11 is 1.49. The van der Waals surface area contributed by atoms with E-state index in [1.165, 1.54) is 11.8 Å². The van der Waals surface area contributed by atoms with E-state index in [0.29, 0.717) is 12.2 Å². The van der Waals surface area contributed by atoms with Crippen molar-refractivity contribution in [1.29, 1.82) is 5.26 Å². The van der Waals surface area contributed by atoms with Gasteiger partial charge < -0.3 is 10.3 Å². The van der Waals surface area contributed by atoms with Crippen molar-refractivity contribution in [2.24, 2.45) is 18.7 Å². The van der Waals surface area contributed by atoms with Gasteiger partial charge in [0.05, 0.1) is 12.0 Å². The minimum Gasteiger partial charge on any atom is -0.370 e. The van der Waals surface area contributed by atoms with Gasteiger partial charge in [0.1, 0.15) is 5.82 Å². The maximum atomic E-state index is 10.7. The van der Waals surface area contributed by atoms with Crippen LogP contribution in [-0.4, -0.2) is 26.4 Å². The van der Waals surface area contributed by atoms with Gasteiger partial charge in [-0.05, 0) is 6.92 Å². The van der Waals surface area contributed by atoms with Crippen molar-refractivity contribution in [3.05, 3.63) is 5.82 Å². The van der Waals surface area contributed by atoms with Crippen LogP contribution < -0.4 is 5.73 Å². The molecule has 0 aliphatic carbocycles. The second kappa shape index (κ2) is 6.25.